The van der Waals surface area contributed by atoms with Crippen LogP contribution in [-0.2, 0) is 27.8 Å². The molecule has 0 aliphatic rings. The summed E-state index contributed by atoms with van der Waals surface area (Å²) in [5, 5.41) is 14.8. The fourth-order valence-electron chi connectivity index (χ4n) is 0. The molecule has 10 heavy (non-hydrogen) atoms. The predicted octanol–water partition coefficient (Wildman–Crippen LogP) is -1.58. The Hall–Kier alpha value is -0.398. The average Bonchev–Trinajstić information content (AvgIpc) is 1.19. The summed E-state index contributed by atoms with van der Waals surface area (Å²) in [6.07, 6.45) is 0. The molecule has 0 heterocycles. The van der Waals surface area contributed by atoms with Crippen LogP contribution in [-0.4, -0.2) is 22.6 Å². The number of rotatable bonds is 0. The van der Waals surface area contributed by atoms with Gasteiger partial charge in [0.25, 0.3) is 0 Å². The van der Waals surface area contributed by atoms with Gasteiger partial charge in [0, 0.05) is 10.4 Å². The molecule has 0 spiro atoms. The fraction of sp³-hybridized carbons (Fsp3) is 0. The zero-order valence-corrected chi connectivity index (χ0v) is 6.21. The maximum atomic E-state index is 8.52. The normalized spacial score (nSPS) is 8.20. The second kappa shape index (κ2) is 6.72. The molecular formula is CrNO7S. The van der Waals surface area contributed by atoms with Crippen LogP contribution in [0.4, 0.5) is 0 Å². The van der Waals surface area contributed by atoms with Crippen LogP contribution in [0.3, 0.4) is 0 Å². The number of hydrogen-bond donors (Lipinski definition) is 0. The topological polar surface area (TPSA) is 146 Å². The Balaban J connectivity index is -0.0000000910. The largest absolute Gasteiger partial charge is 3.00 e. The van der Waals surface area contributed by atoms with E-state index < -0.39 is 15.5 Å². The summed E-state index contributed by atoms with van der Waals surface area (Å²) in [4.78, 5) is 8.25. The van der Waals surface area contributed by atoms with E-state index in [1.807, 2.05) is 0 Å². The van der Waals surface area contributed by atoms with E-state index in [0.29, 0.717) is 0 Å². The molecule has 0 aromatic heterocycles. The first-order chi connectivity index (χ1) is 3.73. The maximum Gasteiger partial charge on any atom is 3.00 e. The van der Waals surface area contributed by atoms with Crippen molar-refractivity contribution < 1.29 is 40.0 Å². The monoisotopic (exact) mass is 210 g/mol. The van der Waals surface area contributed by atoms with Gasteiger partial charge >= 0.3 is 17.4 Å². The van der Waals surface area contributed by atoms with Crippen LogP contribution in [0.25, 0.3) is 0 Å². The zero-order valence-electron chi connectivity index (χ0n) is 4.12. The Morgan fingerprint density at radius 2 is 1.10 bits per heavy atom. The van der Waals surface area contributed by atoms with Crippen molar-refractivity contribution in [3.8, 4) is 0 Å². The molecule has 0 aromatic carbocycles. The second-order valence-electron chi connectivity index (χ2n) is 0.632. The van der Waals surface area contributed by atoms with E-state index in [-0.39, 0.29) is 17.4 Å². The van der Waals surface area contributed by atoms with E-state index >= 15 is 0 Å². The molecule has 59 valence electrons. The van der Waals surface area contributed by atoms with Gasteiger partial charge in [-0.05, 0) is 0 Å². The number of hydrogen-bond acceptors (Lipinski definition) is 7. The van der Waals surface area contributed by atoms with Crippen molar-refractivity contribution in [1.82, 2.24) is 0 Å². The van der Waals surface area contributed by atoms with Crippen LogP contribution >= 0.6 is 0 Å². The van der Waals surface area contributed by atoms with Crippen LogP contribution in [0, 0.1) is 15.3 Å². The van der Waals surface area contributed by atoms with Gasteiger partial charge in [0.05, 0.1) is 5.09 Å². The van der Waals surface area contributed by atoms with Gasteiger partial charge in [-0.1, -0.05) is 0 Å². The van der Waals surface area contributed by atoms with Gasteiger partial charge in [0.15, 0.2) is 0 Å². The summed E-state index contributed by atoms with van der Waals surface area (Å²) in [5.41, 5.74) is 0. The number of nitrogens with zero attached hydrogens (tertiary/aromatic N) is 1. The zero-order chi connectivity index (χ0) is 8.08. The molecular weight excluding hydrogens is 210 g/mol. The Kier molecular flexibility index (Phi) is 11.0. The molecule has 0 rings (SSSR count). The molecule has 0 saturated carbocycles. The molecule has 0 aliphatic heterocycles. The molecule has 10 heteroatoms. The van der Waals surface area contributed by atoms with E-state index in [0.717, 1.165) is 0 Å². The molecule has 0 aromatic rings. The standard InChI is InChI=1S/Cr.NO3.H2O4S/c;2-1(3)4;1-5(2,3)4/h;;(H2,1,2,3,4)/q+3;-1;/p-2. The van der Waals surface area contributed by atoms with Crippen molar-refractivity contribution in [2.24, 2.45) is 0 Å². The predicted molar refractivity (Wildman–Crippen MR) is 20.8 cm³/mol. The van der Waals surface area contributed by atoms with Crippen LogP contribution in [0.15, 0.2) is 0 Å². The molecule has 0 unspecified atom stereocenters. The summed E-state index contributed by atoms with van der Waals surface area (Å²) in [6, 6.07) is 0. The summed E-state index contributed by atoms with van der Waals surface area (Å²) in [5.74, 6) is 0. The van der Waals surface area contributed by atoms with Crippen LogP contribution in [0.5, 0.6) is 0 Å². The van der Waals surface area contributed by atoms with Gasteiger partial charge in [-0.3, -0.25) is 8.42 Å². The van der Waals surface area contributed by atoms with Gasteiger partial charge in [0.1, 0.15) is 0 Å². The van der Waals surface area contributed by atoms with E-state index in [4.69, 9.17) is 32.8 Å². The Labute approximate surface area is 66.3 Å². The van der Waals surface area contributed by atoms with Crippen molar-refractivity contribution >= 4 is 10.4 Å². The fourth-order valence-corrected chi connectivity index (χ4v) is 0. The molecule has 0 atom stereocenters. The summed E-state index contributed by atoms with van der Waals surface area (Å²) < 4.78 is 34.1. The summed E-state index contributed by atoms with van der Waals surface area (Å²) >= 11 is 0. The van der Waals surface area contributed by atoms with Gasteiger partial charge < -0.3 is 24.4 Å². The maximum absolute atomic E-state index is 8.52. The van der Waals surface area contributed by atoms with Gasteiger partial charge in [-0.25, -0.2) is 0 Å². The molecule has 0 amide bonds. The van der Waals surface area contributed by atoms with E-state index in [1.165, 1.54) is 0 Å². The van der Waals surface area contributed by atoms with Crippen LogP contribution < -0.4 is 0 Å². The molecule has 0 saturated heterocycles. The molecule has 0 bridgehead atoms. The minimum atomic E-state index is -5.17. The smallest absolute Gasteiger partial charge is 0.759 e. The molecule has 8 nitrogen and oxygen atoms in total. The Morgan fingerprint density at radius 1 is 1.10 bits per heavy atom. The first-order valence-corrected chi connectivity index (χ1v) is 2.55. The van der Waals surface area contributed by atoms with Crippen LogP contribution in [0.1, 0.15) is 0 Å². The third-order valence-corrected chi connectivity index (χ3v) is 0. The van der Waals surface area contributed by atoms with E-state index in [2.05, 4.69) is 0 Å². The molecule has 0 fully saturated rings. The minimum Gasteiger partial charge on any atom is -0.759 e. The Bertz CT molecular complexity index is 156. The first kappa shape index (κ1) is 16.3. The van der Waals surface area contributed by atoms with Gasteiger partial charge in [-0.15, -0.1) is 0 Å². The van der Waals surface area contributed by atoms with Crippen molar-refractivity contribution in [1.29, 1.82) is 0 Å². The first-order valence-electron chi connectivity index (χ1n) is 1.21. The van der Waals surface area contributed by atoms with E-state index in [1.54, 1.807) is 0 Å². The Morgan fingerprint density at radius 3 is 1.10 bits per heavy atom. The van der Waals surface area contributed by atoms with Crippen molar-refractivity contribution in [3.05, 3.63) is 15.3 Å². The quantitative estimate of drug-likeness (QED) is 0.203. The molecule has 0 N–H and O–H groups in total. The third kappa shape index (κ3) is 2100. The SMILES string of the molecule is O=S(=O)([O-])[O-].O=[N+]([O-])[O-].[Cr+3]. The van der Waals surface area contributed by atoms with Crippen LogP contribution in [0.2, 0.25) is 0 Å². The molecule has 0 aliphatic carbocycles. The van der Waals surface area contributed by atoms with E-state index in [9.17, 15) is 0 Å². The van der Waals surface area contributed by atoms with Gasteiger partial charge in [0.2, 0.25) is 0 Å². The van der Waals surface area contributed by atoms with Crippen molar-refractivity contribution in [2.45, 2.75) is 0 Å². The molecule has 1 radical (unpaired) electrons. The van der Waals surface area contributed by atoms with Crippen molar-refractivity contribution in [3.63, 3.8) is 0 Å². The van der Waals surface area contributed by atoms with Crippen molar-refractivity contribution in [2.75, 3.05) is 0 Å². The minimum absolute atomic E-state index is 0. The summed E-state index contributed by atoms with van der Waals surface area (Å²) in [7, 11) is -5.17. The average molecular weight is 210 g/mol. The second-order valence-corrected chi connectivity index (χ2v) is 1.45. The third-order valence-electron chi connectivity index (χ3n) is 0. The van der Waals surface area contributed by atoms with Gasteiger partial charge in [-0.2, -0.15) is 0 Å². The summed E-state index contributed by atoms with van der Waals surface area (Å²) in [6.45, 7) is 0.